The highest BCUT2D eigenvalue weighted by Gasteiger charge is 2.26. The number of nitrogens with zero attached hydrogens (tertiary/aromatic N) is 2. The van der Waals surface area contributed by atoms with Gasteiger partial charge in [-0.25, -0.2) is 0 Å². The molecular formula is C20H35N3. The van der Waals surface area contributed by atoms with Gasteiger partial charge in [0.05, 0.1) is 0 Å². The molecule has 1 aliphatic carbocycles. The van der Waals surface area contributed by atoms with E-state index in [-0.39, 0.29) is 0 Å². The van der Waals surface area contributed by atoms with Crippen LogP contribution in [0, 0.1) is 0 Å². The van der Waals surface area contributed by atoms with E-state index in [1.165, 1.54) is 43.4 Å². The summed E-state index contributed by atoms with van der Waals surface area (Å²) in [5, 5.41) is 0. The van der Waals surface area contributed by atoms with Gasteiger partial charge < -0.3 is 10.6 Å². The summed E-state index contributed by atoms with van der Waals surface area (Å²) in [4.78, 5) is 5.03. The molecule has 0 heterocycles. The number of benzene rings is 1. The summed E-state index contributed by atoms with van der Waals surface area (Å²) in [5.74, 6) is 0. The second-order valence-electron chi connectivity index (χ2n) is 6.64. The van der Waals surface area contributed by atoms with Crippen molar-refractivity contribution in [2.45, 2.75) is 65.0 Å². The maximum atomic E-state index is 6.19. The van der Waals surface area contributed by atoms with E-state index >= 15 is 0 Å². The number of rotatable bonds is 8. The first kappa shape index (κ1) is 18.3. The molecule has 23 heavy (non-hydrogen) atoms. The minimum absolute atomic E-state index is 0.355. The Hall–Kier alpha value is -1.06. The maximum absolute atomic E-state index is 6.19. The van der Waals surface area contributed by atoms with E-state index in [0.29, 0.717) is 18.6 Å². The molecule has 0 radical (unpaired) electrons. The third kappa shape index (κ3) is 4.48. The summed E-state index contributed by atoms with van der Waals surface area (Å²) in [7, 11) is 0. The van der Waals surface area contributed by atoms with Gasteiger partial charge in [-0.1, -0.05) is 38.3 Å². The van der Waals surface area contributed by atoms with Crippen molar-refractivity contribution in [2.75, 3.05) is 31.1 Å². The first-order chi connectivity index (χ1) is 11.2. The molecule has 2 N–H and O–H groups in total. The molecule has 1 aliphatic rings. The van der Waals surface area contributed by atoms with Gasteiger partial charge in [-0.2, -0.15) is 0 Å². The predicted octanol–water partition coefficient (Wildman–Crippen LogP) is 4.19. The molecule has 2 rings (SSSR count). The molecule has 1 unspecified atom stereocenters. The van der Waals surface area contributed by atoms with Gasteiger partial charge in [0.25, 0.3) is 0 Å². The van der Waals surface area contributed by atoms with E-state index in [2.05, 4.69) is 54.8 Å². The van der Waals surface area contributed by atoms with Crippen molar-refractivity contribution in [3.8, 4) is 0 Å². The van der Waals surface area contributed by atoms with Crippen LogP contribution in [0.1, 0.15) is 64.5 Å². The summed E-state index contributed by atoms with van der Waals surface area (Å²) < 4.78 is 0. The van der Waals surface area contributed by atoms with Crippen molar-refractivity contribution >= 4 is 5.69 Å². The van der Waals surface area contributed by atoms with Crippen LogP contribution in [0.5, 0.6) is 0 Å². The lowest BCUT2D eigenvalue weighted by Crippen LogP contribution is -2.42. The van der Waals surface area contributed by atoms with E-state index in [4.69, 9.17) is 5.73 Å². The maximum Gasteiger partial charge on any atom is 0.0473 e. The summed E-state index contributed by atoms with van der Waals surface area (Å²) >= 11 is 0. The molecule has 1 aromatic carbocycles. The molecule has 1 atom stereocenters. The fourth-order valence-corrected chi connectivity index (χ4v) is 4.10. The number of nitrogens with two attached hydrogens (primary N) is 1. The van der Waals surface area contributed by atoms with E-state index < -0.39 is 0 Å². The number of likely N-dealkylation sites (N-methyl/N-ethyl adjacent to an activating group) is 1. The van der Waals surface area contributed by atoms with E-state index in [9.17, 15) is 0 Å². The zero-order valence-corrected chi connectivity index (χ0v) is 15.3. The average Bonchev–Trinajstić information content (AvgIpc) is 2.62. The molecule has 1 fully saturated rings. The summed E-state index contributed by atoms with van der Waals surface area (Å²) in [6.45, 7) is 10.6. The largest absolute Gasteiger partial charge is 0.372 e. The van der Waals surface area contributed by atoms with E-state index in [1.807, 2.05) is 0 Å². The van der Waals surface area contributed by atoms with E-state index in [0.717, 1.165) is 19.6 Å². The Labute approximate surface area is 142 Å². The van der Waals surface area contributed by atoms with Gasteiger partial charge in [-0.15, -0.1) is 0 Å². The second kappa shape index (κ2) is 9.29. The van der Waals surface area contributed by atoms with Crippen molar-refractivity contribution in [2.24, 2.45) is 5.73 Å². The smallest absolute Gasteiger partial charge is 0.0473 e. The van der Waals surface area contributed by atoms with Crippen molar-refractivity contribution in [3.63, 3.8) is 0 Å². The highest BCUT2D eigenvalue weighted by Crippen LogP contribution is 2.30. The molecule has 0 bridgehead atoms. The molecule has 0 aromatic heterocycles. The van der Waals surface area contributed by atoms with Crippen molar-refractivity contribution < 1.29 is 0 Å². The van der Waals surface area contributed by atoms with Gasteiger partial charge in [-0.05, 0) is 50.9 Å². The van der Waals surface area contributed by atoms with Gasteiger partial charge in [-0.3, -0.25) is 4.90 Å². The molecule has 3 nitrogen and oxygen atoms in total. The Bertz CT molecular complexity index is 433. The zero-order valence-electron chi connectivity index (χ0n) is 15.3. The Morgan fingerprint density at radius 2 is 1.57 bits per heavy atom. The van der Waals surface area contributed by atoms with Crippen molar-refractivity contribution in [1.82, 2.24) is 4.90 Å². The fraction of sp³-hybridized carbons (Fsp3) is 0.700. The molecule has 0 amide bonds. The lowest BCUT2D eigenvalue weighted by atomic mass is 9.92. The Morgan fingerprint density at radius 3 is 2.04 bits per heavy atom. The summed E-state index contributed by atoms with van der Waals surface area (Å²) in [6, 6.07) is 10.2. The fourth-order valence-electron chi connectivity index (χ4n) is 4.10. The SMILES string of the molecule is CCN(CC)c1ccc(C(CN)N(CC)C2CCCCC2)cc1. The Kier molecular flexibility index (Phi) is 7.38. The molecular weight excluding hydrogens is 282 g/mol. The van der Waals surface area contributed by atoms with Gasteiger partial charge in [0.15, 0.2) is 0 Å². The first-order valence-electron chi connectivity index (χ1n) is 9.55. The van der Waals surface area contributed by atoms with Crippen molar-refractivity contribution in [1.29, 1.82) is 0 Å². The lowest BCUT2D eigenvalue weighted by Gasteiger charge is -2.39. The number of hydrogen-bond donors (Lipinski definition) is 1. The monoisotopic (exact) mass is 317 g/mol. The van der Waals surface area contributed by atoms with Crippen LogP contribution in [0.3, 0.4) is 0 Å². The van der Waals surface area contributed by atoms with Crippen LogP contribution in [0.2, 0.25) is 0 Å². The highest BCUT2D eigenvalue weighted by atomic mass is 15.2. The van der Waals surface area contributed by atoms with Gasteiger partial charge in [0, 0.05) is 37.4 Å². The number of hydrogen-bond acceptors (Lipinski definition) is 3. The number of anilines is 1. The predicted molar refractivity (Wildman–Crippen MR) is 101 cm³/mol. The van der Waals surface area contributed by atoms with Crippen molar-refractivity contribution in [3.05, 3.63) is 29.8 Å². The summed E-state index contributed by atoms with van der Waals surface area (Å²) in [5.41, 5.74) is 8.87. The molecule has 0 spiro atoms. The van der Waals surface area contributed by atoms with Crippen LogP contribution in [0.4, 0.5) is 5.69 Å². The van der Waals surface area contributed by atoms with Crippen LogP contribution in [-0.4, -0.2) is 37.1 Å². The standard InChI is InChI=1S/C20H35N3/c1-4-22(5-2)18-14-12-17(13-15-18)20(16-21)23(6-3)19-10-8-7-9-11-19/h12-15,19-20H,4-11,16,21H2,1-3H3. The van der Waals surface area contributed by atoms with Crippen LogP contribution >= 0.6 is 0 Å². The Morgan fingerprint density at radius 1 is 0.957 bits per heavy atom. The van der Waals surface area contributed by atoms with Gasteiger partial charge >= 0.3 is 0 Å². The molecule has 0 saturated heterocycles. The molecule has 1 saturated carbocycles. The minimum atomic E-state index is 0.355. The molecule has 1 aromatic rings. The topological polar surface area (TPSA) is 32.5 Å². The van der Waals surface area contributed by atoms with E-state index in [1.54, 1.807) is 0 Å². The Balaban J connectivity index is 2.15. The normalized spacial score (nSPS) is 17.4. The average molecular weight is 318 g/mol. The molecule has 130 valence electrons. The van der Waals surface area contributed by atoms with Crippen LogP contribution in [-0.2, 0) is 0 Å². The lowest BCUT2D eigenvalue weighted by molar-refractivity contribution is 0.114. The van der Waals surface area contributed by atoms with Crippen LogP contribution in [0.25, 0.3) is 0 Å². The van der Waals surface area contributed by atoms with Gasteiger partial charge in [0.1, 0.15) is 0 Å². The zero-order chi connectivity index (χ0) is 16.7. The first-order valence-corrected chi connectivity index (χ1v) is 9.55. The van der Waals surface area contributed by atoms with Crippen LogP contribution in [0.15, 0.2) is 24.3 Å². The van der Waals surface area contributed by atoms with Gasteiger partial charge in [0.2, 0.25) is 0 Å². The second-order valence-corrected chi connectivity index (χ2v) is 6.64. The third-order valence-corrected chi connectivity index (χ3v) is 5.44. The minimum Gasteiger partial charge on any atom is -0.372 e. The quantitative estimate of drug-likeness (QED) is 0.780. The summed E-state index contributed by atoms with van der Waals surface area (Å²) in [6.07, 6.45) is 6.82. The molecule has 0 aliphatic heterocycles. The highest BCUT2D eigenvalue weighted by molar-refractivity contribution is 5.47. The third-order valence-electron chi connectivity index (χ3n) is 5.44. The molecule has 3 heteroatoms. The van der Waals surface area contributed by atoms with Crippen LogP contribution < -0.4 is 10.6 Å².